The van der Waals surface area contributed by atoms with Crippen molar-refractivity contribution in [3.05, 3.63) is 200 Å². The molecule has 0 fully saturated rings. The van der Waals surface area contributed by atoms with Gasteiger partial charge in [0, 0.05) is 44.3 Å². The second-order valence-corrected chi connectivity index (χ2v) is 13.2. The molecule has 4 nitrogen and oxygen atoms in total. The summed E-state index contributed by atoms with van der Waals surface area (Å²) >= 11 is 0. The van der Waals surface area contributed by atoms with E-state index in [9.17, 15) is 0 Å². The van der Waals surface area contributed by atoms with Gasteiger partial charge in [0.25, 0.3) is 0 Å². The third-order valence-electron chi connectivity index (χ3n) is 10.2. The Bertz CT molecular complexity index is 2670. The van der Waals surface area contributed by atoms with Crippen LogP contribution in [0.2, 0.25) is 0 Å². The maximum Gasteiger partial charge on any atom is 0.131 e. The second-order valence-electron chi connectivity index (χ2n) is 13.2. The lowest BCUT2D eigenvalue weighted by Crippen LogP contribution is -2.23. The number of pyridine rings is 1. The van der Waals surface area contributed by atoms with Gasteiger partial charge in [-0.15, -0.1) is 0 Å². The molecule has 0 saturated carbocycles. The van der Waals surface area contributed by atoms with Crippen LogP contribution in [0.3, 0.4) is 0 Å². The normalized spacial score (nSPS) is 13.7. The van der Waals surface area contributed by atoms with Gasteiger partial charge in [-0.25, -0.2) is 4.98 Å². The molecule has 246 valence electrons. The standard InChI is InChI=1S/C48H34N4/c1-5-17-33(18-6-1)46-41-32-31-37-38(25-15-26-39(37)48-49-42-28-13-14-29-43(42)52(48)36-23-11-4-12-24-36)45(41)40-27-16-30-44(47(40)50-46)51(34-19-7-2-8-20-34)35-21-9-3-10-22-35/h1-32,48-49H. The molecule has 1 aliphatic rings. The Balaban J connectivity index is 1.27. The van der Waals surface area contributed by atoms with E-state index in [1.165, 1.54) is 27.4 Å². The van der Waals surface area contributed by atoms with Gasteiger partial charge in [-0.05, 0) is 65.4 Å². The zero-order valence-electron chi connectivity index (χ0n) is 28.4. The van der Waals surface area contributed by atoms with Crippen molar-refractivity contribution in [2.45, 2.75) is 6.17 Å². The molecule has 9 aromatic rings. The Morgan fingerprint density at radius 3 is 1.81 bits per heavy atom. The van der Waals surface area contributed by atoms with Crippen molar-refractivity contribution in [3.63, 3.8) is 0 Å². The maximum absolute atomic E-state index is 5.57. The quantitative estimate of drug-likeness (QED) is 0.179. The summed E-state index contributed by atoms with van der Waals surface area (Å²) in [6.07, 6.45) is -0.0927. The van der Waals surface area contributed by atoms with Gasteiger partial charge in [-0.3, -0.25) is 0 Å². The molecule has 4 heteroatoms. The summed E-state index contributed by atoms with van der Waals surface area (Å²) in [4.78, 5) is 10.3. The monoisotopic (exact) mass is 666 g/mol. The largest absolute Gasteiger partial charge is 0.359 e. The summed E-state index contributed by atoms with van der Waals surface area (Å²) in [5, 5.41) is 9.75. The van der Waals surface area contributed by atoms with Crippen molar-refractivity contribution < 1.29 is 0 Å². The summed E-state index contributed by atoms with van der Waals surface area (Å²) in [7, 11) is 0. The Hall–Kier alpha value is -6.91. The second kappa shape index (κ2) is 12.4. The van der Waals surface area contributed by atoms with E-state index in [1.807, 2.05) is 0 Å². The van der Waals surface area contributed by atoms with E-state index in [0.29, 0.717) is 0 Å². The lowest BCUT2D eigenvalue weighted by atomic mass is 9.92. The van der Waals surface area contributed by atoms with Crippen LogP contribution in [0.15, 0.2) is 194 Å². The summed E-state index contributed by atoms with van der Waals surface area (Å²) in [5.74, 6) is 0. The molecule has 1 aromatic heterocycles. The van der Waals surface area contributed by atoms with E-state index in [4.69, 9.17) is 4.98 Å². The molecule has 0 saturated heterocycles. The first-order chi connectivity index (χ1) is 25.8. The van der Waals surface area contributed by atoms with E-state index in [-0.39, 0.29) is 6.17 Å². The summed E-state index contributed by atoms with van der Waals surface area (Å²) in [6.45, 7) is 0. The van der Waals surface area contributed by atoms with Gasteiger partial charge in [0.05, 0.1) is 28.3 Å². The zero-order valence-corrected chi connectivity index (χ0v) is 28.4. The lowest BCUT2D eigenvalue weighted by Gasteiger charge is -2.29. The molecule has 1 atom stereocenters. The molecule has 52 heavy (non-hydrogen) atoms. The van der Waals surface area contributed by atoms with Crippen LogP contribution in [0.25, 0.3) is 43.7 Å². The first kappa shape index (κ1) is 30.0. The van der Waals surface area contributed by atoms with Gasteiger partial charge >= 0.3 is 0 Å². The highest BCUT2D eigenvalue weighted by molar-refractivity contribution is 6.24. The Labute approximate surface area is 302 Å². The highest BCUT2D eigenvalue weighted by atomic mass is 15.3. The van der Waals surface area contributed by atoms with Gasteiger partial charge in [-0.1, -0.05) is 140 Å². The highest BCUT2D eigenvalue weighted by Gasteiger charge is 2.32. The number of nitrogens with one attached hydrogen (secondary N) is 1. The van der Waals surface area contributed by atoms with Crippen LogP contribution in [-0.2, 0) is 0 Å². The van der Waals surface area contributed by atoms with Crippen molar-refractivity contribution >= 4 is 66.6 Å². The summed E-state index contributed by atoms with van der Waals surface area (Å²) in [5.41, 5.74) is 10.9. The number of aromatic nitrogens is 1. The molecule has 1 aliphatic heterocycles. The fourth-order valence-electron chi connectivity index (χ4n) is 7.96. The third kappa shape index (κ3) is 4.88. The van der Waals surface area contributed by atoms with Crippen LogP contribution in [0.1, 0.15) is 11.7 Å². The number of hydrogen-bond donors (Lipinski definition) is 1. The summed E-state index contributed by atoms with van der Waals surface area (Å²) in [6, 6.07) is 69.0. The highest BCUT2D eigenvalue weighted by Crippen LogP contribution is 2.49. The Kier molecular flexibility index (Phi) is 7.17. The third-order valence-corrected chi connectivity index (χ3v) is 10.2. The van der Waals surface area contributed by atoms with Crippen molar-refractivity contribution in [2.24, 2.45) is 0 Å². The minimum Gasteiger partial charge on any atom is -0.359 e. The molecule has 0 bridgehead atoms. The predicted molar refractivity (Wildman–Crippen MR) is 218 cm³/mol. The van der Waals surface area contributed by atoms with Crippen LogP contribution >= 0.6 is 0 Å². The zero-order chi connectivity index (χ0) is 34.4. The van der Waals surface area contributed by atoms with Crippen LogP contribution < -0.4 is 15.1 Å². The number of para-hydroxylation sites is 6. The number of rotatable bonds is 6. The van der Waals surface area contributed by atoms with E-state index in [1.54, 1.807) is 0 Å². The van der Waals surface area contributed by atoms with E-state index >= 15 is 0 Å². The first-order valence-corrected chi connectivity index (χ1v) is 17.8. The number of benzene rings is 8. The molecule has 0 aliphatic carbocycles. The number of anilines is 6. The topological polar surface area (TPSA) is 31.4 Å². The fourth-order valence-corrected chi connectivity index (χ4v) is 7.96. The van der Waals surface area contributed by atoms with Crippen LogP contribution in [0, 0.1) is 0 Å². The number of nitrogens with zero attached hydrogens (tertiary/aromatic N) is 3. The van der Waals surface area contributed by atoms with E-state index in [0.717, 1.165) is 56.0 Å². The van der Waals surface area contributed by atoms with Gasteiger partial charge in [-0.2, -0.15) is 0 Å². The van der Waals surface area contributed by atoms with Gasteiger partial charge < -0.3 is 15.1 Å². The van der Waals surface area contributed by atoms with Crippen LogP contribution in [0.5, 0.6) is 0 Å². The smallest absolute Gasteiger partial charge is 0.131 e. The number of hydrogen-bond acceptors (Lipinski definition) is 4. The minimum atomic E-state index is -0.0927. The molecule has 8 aromatic carbocycles. The van der Waals surface area contributed by atoms with E-state index in [2.05, 4.69) is 209 Å². The molecule has 0 spiro atoms. The Morgan fingerprint density at radius 1 is 0.481 bits per heavy atom. The predicted octanol–water partition coefficient (Wildman–Crippen LogP) is 12.9. The lowest BCUT2D eigenvalue weighted by molar-refractivity contribution is 0.836. The van der Waals surface area contributed by atoms with E-state index < -0.39 is 0 Å². The molecule has 1 unspecified atom stereocenters. The fraction of sp³-hybridized carbons (Fsp3) is 0.0208. The van der Waals surface area contributed by atoms with Gasteiger partial charge in [0.2, 0.25) is 0 Å². The van der Waals surface area contributed by atoms with Crippen LogP contribution in [0.4, 0.5) is 34.1 Å². The average Bonchev–Trinajstić information content (AvgIpc) is 3.61. The van der Waals surface area contributed by atoms with Crippen molar-refractivity contribution in [3.8, 4) is 11.3 Å². The van der Waals surface area contributed by atoms with Crippen molar-refractivity contribution in [2.75, 3.05) is 15.1 Å². The number of fused-ring (bicyclic) bond motifs is 6. The SMILES string of the molecule is c1ccc(-c2nc3c(N(c4ccccc4)c4ccccc4)cccc3c3c2ccc2c(C4Nc5ccccc5N4c4ccccc4)cccc23)cc1. The molecule has 0 amide bonds. The van der Waals surface area contributed by atoms with Crippen molar-refractivity contribution in [1.29, 1.82) is 0 Å². The van der Waals surface area contributed by atoms with Crippen molar-refractivity contribution in [1.82, 2.24) is 4.98 Å². The molecule has 1 N–H and O–H groups in total. The molecular formula is C48H34N4. The minimum absolute atomic E-state index is 0.0927. The van der Waals surface area contributed by atoms with Gasteiger partial charge in [0.1, 0.15) is 6.17 Å². The molecular weight excluding hydrogens is 633 g/mol. The average molecular weight is 667 g/mol. The molecule has 10 rings (SSSR count). The summed E-state index contributed by atoms with van der Waals surface area (Å²) < 4.78 is 0. The molecule has 0 radical (unpaired) electrons. The molecule has 2 heterocycles. The van der Waals surface area contributed by atoms with Gasteiger partial charge in [0.15, 0.2) is 0 Å². The van der Waals surface area contributed by atoms with Crippen LogP contribution in [-0.4, -0.2) is 4.98 Å². The maximum atomic E-state index is 5.57. The first-order valence-electron chi connectivity index (χ1n) is 17.8. The Morgan fingerprint density at radius 2 is 1.08 bits per heavy atom.